The summed E-state index contributed by atoms with van der Waals surface area (Å²) in [6, 6.07) is 3.31. The molecule has 128 valence electrons. The van der Waals surface area contributed by atoms with Gasteiger partial charge in [-0.2, -0.15) is 0 Å². The quantitative estimate of drug-likeness (QED) is 0.614. The van der Waals surface area contributed by atoms with E-state index in [-0.39, 0.29) is 12.2 Å². The first-order valence-corrected chi connectivity index (χ1v) is 8.90. The molecular weight excluding hydrogens is 366 g/mol. The normalized spacial score (nSPS) is 10.9. The fraction of sp³-hybridized carbons (Fsp3) is 0.176. The molecule has 8 heteroatoms. The summed E-state index contributed by atoms with van der Waals surface area (Å²) in [5.41, 5.74) is 0.0837. The fourth-order valence-corrected chi connectivity index (χ4v) is 4.16. The second-order valence-corrected chi connectivity index (χ2v) is 7.61. The van der Waals surface area contributed by atoms with Crippen molar-refractivity contribution in [1.82, 2.24) is 9.97 Å². The summed E-state index contributed by atoms with van der Waals surface area (Å²) in [4.78, 5) is 33.6. The minimum atomic E-state index is -0.882. The highest BCUT2D eigenvalue weighted by atomic mass is 32.1. The average molecular weight is 378 g/mol. The van der Waals surface area contributed by atoms with Crippen LogP contribution in [-0.2, 0) is 6.42 Å². The van der Waals surface area contributed by atoms with Gasteiger partial charge in [0.2, 0.25) is 0 Å². The molecule has 0 aliphatic rings. The summed E-state index contributed by atoms with van der Waals surface area (Å²) < 4.78 is 27.4. The van der Waals surface area contributed by atoms with Crippen molar-refractivity contribution >= 4 is 34.2 Å². The molecular formula is C17H12F2N2O2S2. The Morgan fingerprint density at radius 1 is 1.16 bits per heavy atom. The number of hydrogen-bond donors (Lipinski definition) is 0. The number of hydrogen-bond acceptors (Lipinski definition) is 6. The van der Waals surface area contributed by atoms with E-state index >= 15 is 0 Å². The van der Waals surface area contributed by atoms with E-state index in [2.05, 4.69) is 9.97 Å². The van der Waals surface area contributed by atoms with Crippen molar-refractivity contribution in [3.8, 4) is 10.6 Å². The molecule has 0 spiro atoms. The predicted molar refractivity (Wildman–Crippen MR) is 92.4 cm³/mol. The van der Waals surface area contributed by atoms with Gasteiger partial charge < -0.3 is 0 Å². The van der Waals surface area contributed by atoms with Crippen molar-refractivity contribution in [1.29, 1.82) is 0 Å². The zero-order chi connectivity index (χ0) is 18.1. The maximum absolute atomic E-state index is 13.7. The van der Waals surface area contributed by atoms with Gasteiger partial charge in [-0.1, -0.05) is 6.07 Å². The van der Waals surface area contributed by atoms with Crippen LogP contribution in [0, 0.1) is 18.6 Å². The van der Waals surface area contributed by atoms with Gasteiger partial charge in [0, 0.05) is 18.0 Å². The first kappa shape index (κ1) is 17.5. The van der Waals surface area contributed by atoms with E-state index in [0.717, 1.165) is 21.9 Å². The second kappa shape index (κ2) is 6.89. The number of rotatable bonds is 5. The molecule has 0 aliphatic heterocycles. The van der Waals surface area contributed by atoms with Crippen molar-refractivity contribution in [2.75, 3.05) is 0 Å². The molecule has 0 fully saturated rings. The number of thiazole rings is 2. The molecule has 2 aromatic heterocycles. The van der Waals surface area contributed by atoms with Crippen LogP contribution in [0.3, 0.4) is 0 Å². The number of ketones is 2. The number of benzene rings is 1. The molecule has 0 saturated heterocycles. The van der Waals surface area contributed by atoms with Crippen LogP contribution in [0.15, 0.2) is 24.4 Å². The van der Waals surface area contributed by atoms with Gasteiger partial charge in [0.05, 0.1) is 22.6 Å². The van der Waals surface area contributed by atoms with Gasteiger partial charge in [-0.3, -0.25) is 9.59 Å². The molecule has 1 aromatic carbocycles. The van der Waals surface area contributed by atoms with Crippen molar-refractivity contribution in [2.24, 2.45) is 0 Å². The molecule has 0 amide bonds. The summed E-state index contributed by atoms with van der Waals surface area (Å²) in [5.74, 6) is -2.56. The van der Waals surface area contributed by atoms with Gasteiger partial charge in [0.15, 0.2) is 16.6 Å². The highest BCUT2D eigenvalue weighted by Crippen LogP contribution is 2.32. The Morgan fingerprint density at radius 2 is 1.84 bits per heavy atom. The Bertz CT molecular complexity index is 959. The Hall–Kier alpha value is -2.32. The molecule has 25 heavy (non-hydrogen) atoms. The van der Waals surface area contributed by atoms with E-state index in [1.807, 2.05) is 6.92 Å². The molecule has 2 heterocycles. The minimum absolute atomic E-state index is 0.130. The maximum atomic E-state index is 13.7. The first-order valence-electron chi connectivity index (χ1n) is 7.27. The molecule has 0 aliphatic carbocycles. The van der Waals surface area contributed by atoms with E-state index in [1.54, 1.807) is 6.20 Å². The molecule has 0 radical (unpaired) electrons. The number of aromatic nitrogens is 2. The molecule has 0 unspecified atom stereocenters. The average Bonchev–Trinajstić information content (AvgIpc) is 3.13. The predicted octanol–water partition coefficient (Wildman–Crippen LogP) is 4.48. The van der Waals surface area contributed by atoms with Crippen LogP contribution in [0.4, 0.5) is 8.78 Å². The zero-order valence-electron chi connectivity index (χ0n) is 13.3. The van der Waals surface area contributed by atoms with Crippen LogP contribution in [0.25, 0.3) is 10.6 Å². The second-order valence-electron chi connectivity index (χ2n) is 5.29. The van der Waals surface area contributed by atoms with Gasteiger partial charge in [-0.05, 0) is 19.1 Å². The van der Waals surface area contributed by atoms with Crippen LogP contribution in [0.2, 0.25) is 0 Å². The van der Waals surface area contributed by atoms with Crippen molar-refractivity contribution in [3.05, 3.63) is 56.5 Å². The summed E-state index contributed by atoms with van der Waals surface area (Å²) in [7, 11) is 0. The lowest BCUT2D eigenvalue weighted by Gasteiger charge is -2.02. The van der Waals surface area contributed by atoms with Crippen LogP contribution in [-0.4, -0.2) is 21.5 Å². The first-order chi connectivity index (χ1) is 11.9. The van der Waals surface area contributed by atoms with Gasteiger partial charge in [-0.25, -0.2) is 18.7 Å². The van der Waals surface area contributed by atoms with Crippen LogP contribution < -0.4 is 0 Å². The zero-order valence-corrected chi connectivity index (χ0v) is 14.9. The van der Waals surface area contributed by atoms with Gasteiger partial charge >= 0.3 is 0 Å². The number of carbonyl (C=O) groups excluding carboxylic acids is 2. The van der Waals surface area contributed by atoms with E-state index in [9.17, 15) is 18.4 Å². The number of carbonyl (C=O) groups is 2. The Kier molecular flexibility index (Phi) is 4.82. The Balaban J connectivity index is 1.87. The molecule has 3 aromatic rings. The fourth-order valence-electron chi connectivity index (χ4n) is 2.29. The van der Waals surface area contributed by atoms with Crippen molar-refractivity contribution in [3.63, 3.8) is 0 Å². The van der Waals surface area contributed by atoms with Gasteiger partial charge in [-0.15, -0.1) is 22.7 Å². The standard InChI is InChI=1S/C17H12F2N2O2S2/c1-8(22)17-20-7-13(25-17)16-9(2)24-14(21-16)6-12(23)15-10(18)4-3-5-11(15)19/h3-5,7H,6H2,1-2H3. The number of aryl methyl sites for hydroxylation is 1. The van der Waals surface area contributed by atoms with Crippen molar-refractivity contribution < 1.29 is 18.4 Å². The molecule has 0 bridgehead atoms. The van der Waals surface area contributed by atoms with Gasteiger partial charge in [0.25, 0.3) is 0 Å². The van der Waals surface area contributed by atoms with E-state index in [0.29, 0.717) is 15.7 Å². The van der Waals surface area contributed by atoms with E-state index in [1.165, 1.54) is 35.7 Å². The van der Waals surface area contributed by atoms with Gasteiger partial charge in [0.1, 0.15) is 16.6 Å². The molecule has 0 N–H and O–H groups in total. The summed E-state index contributed by atoms with van der Waals surface area (Å²) >= 11 is 2.50. The largest absolute Gasteiger partial charge is 0.293 e. The number of Topliss-reactive ketones (excluding diaryl/α,β-unsaturated/α-hetero) is 2. The lowest BCUT2D eigenvalue weighted by atomic mass is 10.1. The topological polar surface area (TPSA) is 59.9 Å². The lowest BCUT2D eigenvalue weighted by Crippen LogP contribution is -2.08. The lowest BCUT2D eigenvalue weighted by molar-refractivity contribution is 0.0982. The van der Waals surface area contributed by atoms with Crippen LogP contribution in [0.1, 0.15) is 37.0 Å². The molecule has 4 nitrogen and oxygen atoms in total. The van der Waals surface area contributed by atoms with E-state index in [4.69, 9.17) is 0 Å². The summed E-state index contributed by atoms with van der Waals surface area (Å²) in [6.07, 6.45) is 1.37. The smallest absolute Gasteiger partial charge is 0.188 e. The highest BCUT2D eigenvalue weighted by Gasteiger charge is 2.20. The number of nitrogens with zero attached hydrogens (tertiary/aromatic N) is 2. The highest BCUT2D eigenvalue weighted by molar-refractivity contribution is 7.17. The number of halogens is 2. The third kappa shape index (κ3) is 3.54. The SMILES string of the molecule is CC(=O)c1ncc(-c2nc(CC(=O)c3c(F)cccc3F)sc2C)s1. The molecule has 3 rings (SSSR count). The van der Waals surface area contributed by atoms with Crippen molar-refractivity contribution in [2.45, 2.75) is 20.3 Å². The van der Waals surface area contributed by atoms with Crippen LogP contribution in [0.5, 0.6) is 0 Å². The van der Waals surface area contributed by atoms with Crippen LogP contribution >= 0.6 is 22.7 Å². The summed E-state index contributed by atoms with van der Waals surface area (Å²) in [6.45, 7) is 3.27. The minimum Gasteiger partial charge on any atom is -0.293 e. The third-order valence-corrected chi connectivity index (χ3v) is 5.51. The Morgan fingerprint density at radius 3 is 2.44 bits per heavy atom. The molecule has 0 saturated carbocycles. The monoisotopic (exact) mass is 378 g/mol. The van der Waals surface area contributed by atoms with E-state index < -0.39 is 23.0 Å². The Labute approximate surface area is 150 Å². The maximum Gasteiger partial charge on any atom is 0.188 e. The third-order valence-electron chi connectivity index (χ3n) is 3.43. The molecule has 0 atom stereocenters. The summed E-state index contributed by atoms with van der Waals surface area (Å²) in [5, 5.41) is 0.839.